The van der Waals surface area contributed by atoms with Crippen molar-refractivity contribution in [1.82, 2.24) is 15.4 Å². The summed E-state index contributed by atoms with van der Waals surface area (Å²) in [5, 5.41) is 5.89. The molecule has 1 saturated carbocycles. The molecule has 0 atom stereocenters. The highest BCUT2D eigenvalue weighted by Crippen LogP contribution is 2.25. The fourth-order valence-corrected chi connectivity index (χ4v) is 3.36. The zero-order valence-electron chi connectivity index (χ0n) is 14.3. The number of nitrogens with zero attached hydrogens (tertiary/aromatic N) is 1. The maximum Gasteiger partial charge on any atom is 0.213 e. The molecule has 142 valence electrons. The molecule has 0 radical (unpaired) electrons. The van der Waals surface area contributed by atoms with Crippen molar-refractivity contribution in [2.75, 3.05) is 25.9 Å². The summed E-state index contributed by atoms with van der Waals surface area (Å²) in [5.74, 6) is 0.610. The number of hydrogen-bond acceptors (Lipinski definition) is 3. The summed E-state index contributed by atoms with van der Waals surface area (Å²) in [6.07, 6.45) is 3.40. The van der Waals surface area contributed by atoms with Crippen LogP contribution in [0.3, 0.4) is 0 Å². The number of guanidine groups is 1. The van der Waals surface area contributed by atoms with Crippen LogP contribution in [0.4, 0.5) is 4.39 Å². The lowest BCUT2D eigenvalue weighted by Crippen LogP contribution is -2.41. The van der Waals surface area contributed by atoms with Gasteiger partial charge in [-0.05, 0) is 24.8 Å². The Kier molecular flexibility index (Phi) is 9.65. The highest BCUT2D eigenvalue weighted by Gasteiger charge is 2.20. The van der Waals surface area contributed by atoms with E-state index in [2.05, 4.69) is 20.3 Å². The van der Waals surface area contributed by atoms with Crippen LogP contribution in [0.25, 0.3) is 0 Å². The fourth-order valence-electron chi connectivity index (χ4n) is 2.36. The van der Waals surface area contributed by atoms with Crippen molar-refractivity contribution < 1.29 is 12.8 Å². The molecule has 0 unspecified atom stereocenters. The van der Waals surface area contributed by atoms with Crippen LogP contribution >= 0.6 is 24.0 Å². The molecule has 1 aliphatic rings. The van der Waals surface area contributed by atoms with Crippen molar-refractivity contribution in [2.24, 2.45) is 10.9 Å². The Bertz CT molecular complexity index is 666. The molecule has 2 rings (SSSR count). The predicted molar refractivity (Wildman–Crippen MR) is 109 cm³/mol. The lowest BCUT2D eigenvalue weighted by atomic mass is 9.86. The fraction of sp³-hybridized carbons (Fsp3) is 0.562. The van der Waals surface area contributed by atoms with Crippen molar-refractivity contribution >= 4 is 40.0 Å². The molecule has 25 heavy (non-hydrogen) atoms. The summed E-state index contributed by atoms with van der Waals surface area (Å²) in [4.78, 5) is 4.01. The second-order valence-electron chi connectivity index (χ2n) is 5.91. The van der Waals surface area contributed by atoms with Gasteiger partial charge in [0.15, 0.2) is 5.96 Å². The number of aliphatic imine (C=N–C) groups is 1. The van der Waals surface area contributed by atoms with Gasteiger partial charge in [-0.1, -0.05) is 24.6 Å². The average Bonchev–Trinajstić information content (AvgIpc) is 2.50. The van der Waals surface area contributed by atoms with Gasteiger partial charge < -0.3 is 10.6 Å². The number of halogens is 2. The molecule has 1 fully saturated rings. The largest absolute Gasteiger partial charge is 0.355 e. The van der Waals surface area contributed by atoms with Crippen LogP contribution in [0.2, 0.25) is 0 Å². The van der Waals surface area contributed by atoms with Gasteiger partial charge in [-0.2, -0.15) is 0 Å². The first-order chi connectivity index (χ1) is 11.5. The third-order valence-corrected chi connectivity index (χ3v) is 5.46. The van der Waals surface area contributed by atoms with Crippen LogP contribution < -0.4 is 15.4 Å². The van der Waals surface area contributed by atoms with Crippen LogP contribution in [0.1, 0.15) is 24.8 Å². The van der Waals surface area contributed by atoms with Crippen molar-refractivity contribution in [3.05, 3.63) is 35.6 Å². The number of benzene rings is 1. The van der Waals surface area contributed by atoms with Gasteiger partial charge in [0, 0.05) is 32.2 Å². The highest BCUT2D eigenvalue weighted by molar-refractivity contribution is 14.0. The molecular formula is C16H26FIN4O2S. The lowest BCUT2D eigenvalue weighted by Gasteiger charge is -2.25. The van der Waals surface area contributed by atoms with E-state index in [1.807, 2.05) is 0 Å². The van der Waals surface area contributed by atoms with Crippen LogP contribution in [0.15, 0.2) is 29.3 Å². The van der Waals surface area contributed by atoms with Gasteiger partial charge in [-0.25, -0.2) is 17.5 Å². The minimum Gasteiger partial charge on any atom is -0.355 e. The Morgan fingerprint density at radius 2 is 2.00 bits per heavy atom. The first kappa shape index (κ1) is 22.1. The molecule has 0 aliphatic heterocycles. The van der Waals surface area contributed by atoms with Crippen molar-refractivity contribution in [3.63, 3.8) is 0 Å². The first-order valence-corrected chi connectivity index (χ1v) is 9.80. The van der Waals surface area contributed by atoms with E-state index in [-0.39, 0.29) is 48.6 Å². The molecule has 9 heteroatoms. The van der Waals surface area contributed by atoms with E-state index in [4.69, 9.17) is 0 Å². The summed E-state index contributed by atoms with van der Waals surface area (Å²) in [6, 6.07) is 6.47. The van der Waals surface area contributed by atoms with Gasteiger partial charge >= 0.3 is 0 Å². The molecule has 6 nitrogen and oxygen atoms in total. The van der Waals surface area contributed by atoms with Gasteiger partial charge in [-0.3, -0.25) is 4.99 Å². The van der Waals surface area contributed by atoms with Crippen LogP contribution in [0, 0.1) is 11.7 Å². The van der Waals surface area contributed by atoms with E-state index in [9.17, 15) is 12.8 Å². The molecule has 0 heterocycles. The Labute approximate surface area is 166 Å². The third-order valence-electron chi connectivity index (χ3n) is 4.11. The molecule has 0 spiro atoms. The Morgan fingerprint density at radius 1 is 1.28 bits per heavy atom. The van der Waals surface area contributed by atoms with E-state index in [1.165, 1.54) is 12.5 Å². The Hall–Kier alpha value is -0.940. The molecule has 0 amide bonds. The predicted octanol–water partition coefficient (Wildman–Crippen LogP) is 1.83. The summed E-state index contributed by atoms with van der Waals surface area (Å²) in [5.41, 5.74) is 0.523. The molecule has 1 aliphatic carbocycles. The molecule has 0 bridgehead atoms. The van der Waals surface area contributed by atoms with E-state index < -0.39 is 10.0 Å². The second kappa shape index (κ2) is 10.9. The van der Waals surface area contributed by atoms with Gasteiger partial charge in [0.05, 0.1) is 5.75 Å². The Morgan fingerprint density at radius 3 is 2.60 bits per heavy atom. The molecule has 1 aromatic rings. The summed E-state index contributed by atoms with van der Waals surface area (Å²) < 4.78 is 40.0. The van der Waals surface area contributed by atoms with E-state index >= 15 is 0 Å². The summed E-state index contributed by atoms with van der Waals surface area (Å²) >= 11 is 0. The number of rotatable bonds is 8. The molecule has 0 saturated heterocycles. The topological polar surface area (TPSA) is 82.6 Å². The van der Waals surface area contributed by atoms with Gasteiger partial charge in [0.1, 0.15) is 5.82 Å². The maximum atomic E-state index is 13.5. The normalized spacial score (nSPS) is 15.2. The first-order valence-electron chi connectivity index (χ1n) is 8.15. The quantitative estimate of drug-likeness (QED) is 0.299. The van der Waals surface area contributed by atoms with E-state index in [0.717, 1.165) is 12.8 Å². The highest BCUT2D eigenvalue weighted by atomic mass is 127. The number of hydrogen-bond donors (Lipinski definition) is 3. The maximum absolute atomic E-state index is 13.5. The standard InChI is InChI=1S/C16H25FN4O2S.HI/c1-18-16(20-12-14-7-2-3-8-15(14)17)19-9-10-24(22,23)21-11-13-5-4-6-13;/h2-3,7-8,13,21H,4-6,9-12H2,1H3,(H2,18,19,20);1H. The van der Waals surface area contributed by atoms with Gasteiger partial charge in [-0.15, -0.1) is 24.0 Å². The minimum absolute atomic E-state index is 0. The molecule has 1 aromatic carbocycles. The van der Waals surface area contributed by atoms with E-state index in [0.29, 0.717) is 24.0 Å². The number of nitrogens with one attached hydrogen (secondary N) is 3. The summed E-state index contributed by atoms with van der Waals surface area (Å²) in [6.45, 7) is 1.04. The zero-order chi connectivity index (χ0) is 17.4. The lowest BCUT2D eigenvalue weighted by molar-refractivity contribution is 0.316. The van der Waals surface area contributed by atoms with Crippen LogP contribution in [-0.2, 0) is 16.6 Å². The van der Waals surface area contributed by atoms with Crippen LogP contribution in [-0.4, -0.2) is 40.3 Å². The SMILES string of the molecule is CN=C(NCCS(=O)(=O)NCC1CCC1)NCc1ccccc1F.I. The van der Waals surface area contributed by atoms with Crippen LogP contribution in [0.5, 0.6) is 0 Å². The smallest absolute Gasteiger partial charge is 0.213 e. The number of sulfonamides is 1. The molecule has 3 N–H and O–H groups in total. The zero-order valence-corrected chi connectivity index (χ0v) is 17.4. The average molecular weight is 484 g/mol. The monoisotopic (exact) mass is 484 g/mol. The van der Waals surface area contributed by atoms with Crippen molar-refractivity contribution in [2.45, 2.75) is 25.8 Å². The van der Waals surface area contributed by atoms with E-state index in [1.54, 1.807) is 25.2 Å². The molecule has 0 aromatic heterocycles. The van der Waals surface area contributed by atoms with Gasteiger partial charge in [0.2, 0.25) is 10.0 Å². The third kappa shape index (κ3) is 7.87. The Balaban J connectivity index is 0.00000312. The summed E-state index contributed by atoms with van der Waals surface area (Å²) in [7, 11) is -1.70. The van der Waals surface area contributed by atoms with Crippen molar-refractivity contribution in [1.29, 1.82) is 0 Å². The van der Waals surface area contributed by atoms with Gasteiger partial charge in [0.25, 0.3) is 0 Å². The minimum atomic E-state index is -3.29. The molecular weight excluding hydrogens is 458 g/mol. The van der Waals surface area contributed by atoms with Crippen molar-refractivity contribution in [3.8, 4) is 0 Å². The second-order valence-corrected chi connectivity index (χ2v) is 7.83.